The molecule has 0 unspecified atom stereocenters. The monoisotopic (exact) mass is 169 g/mol. The highest BCUT2D eigenvalue weighted by Crippen LogP contribution is 2.28. The van der Waals surface area contributed by atoms with Gasteiger partial charge in [0.25, 0.3) is 0 Å². The summed E-state index contributed by atoms with van der Waals surface area (Å²) < 4.78 is 0. The van der Waals surface area contributed by atoms with Crippen LogP contribution in [0.3, 0.4) is 0 Å². The van der Waals surface area contributed by atoms with E-state index >= 15 is 0 Å². The van der Waals surface area contributed by atoms with Crippen LogP contribution >= 0.6 is 0 Å². The fourth-order valence-electron chi connectivity index (χ4n) is 1.08. The number of phenolic OH excluding ortho intramolecular Hbond substituents is 1. The van der Waals surface area contributed by atoms with E-state index in [1.54, 1.807) is 6.07 Å². The molecule has 3 nitrogen and oxygen atoms in total. The molecular formula is C9H15NO2. The minimum atomic E-state index is 0. The molecule has 0 spiro atoms. The van der Waals surface area contributed by atoms with Crippen LogP contribution in [0.1, 0.15) is 16.7 Å². The van der Waals surface area contributed by atoms with Crippen LogP contribution < -0.4 is 5.73 Å². The highest BCUT2D eigenvalue weighted by molar-refractivity contribution is 5.61. The number of hydrogen-bond acceptors (Lipinski definition) is 2. The van der Waals surface area contributed by atoms with Crippen molar-refractivity contribution in [3.8, 4) is 5.75 Å². The van der Waals surface area contributed by atoms with Crippen LogP contribution in [-0.2, 0) is 0 Å². The largest absolute Gasteiger partial charge is 0.506 e. The maximum Gasteiger partial charge on any atom is 0.139 e. The Labute approximate surface area is 72.1 Å². The Kier molecular flexibility index (Phi) is 3.10. The summed E-state index contributed by atoms with van der Waals surface area (Å²) >= 11 is 0. The number of anilines is 1. The van der Waals surface area contributed by atoms with E-state index in [1.165, 1.54) is 0 Å². The minimum absolute atomic E-state index is 0. The Hall–Kier alpha value is -1.22. The fraction of sp³-hybridized carbons (Fsp3) is 0.333. The predicted molar refractivity (Wildman–Crippen MR) is 50.3 cm³/mol. The van der Waals surface area contributed by atoms with Crippen LogP contribution in [0.5, 0.6) is 5.75 Å². The van der Waals surface area contributed by atoms with Gasteiger partial charge in [0.1, 0.15) is 5.75 Å². The summed E-state index contributed by atoms with van der Waals surface area (Å²) in [5.41, 5.74) is 9.30. The van der Waals surface area contributed by atoms with Crippen molar-refractivity contribution in [3.63, 3.8) is 0 Å². The van der Waals surface area contributed by atoms with E-state index in [9.17, 15) is 5.11 Å². The van der Waals surface area contributed by atoms with Crippen LogP contribution in [0.25, 0.3) is 0 Å². The van der Waals surface area contributed by atoms with E-state index in [0.717, 1.165) is 16.7 Å². The van der Waals surface area contributed by atoms with Gasteiger partial charge in [-0.15, -0.1) is 0 Å². The Morgan fingerprint density at radius 1 is 1.17 bits per heavy atom. The molecule has 0 saturated heterocycles. The number of rotatable bonds is 0. The molecule has 0 radical (unpaired) electrons. The highest BCUT2D eigenvalue weighted by Gasteiger charge is 2.05. The van der Waals surface area contributed by atoms with Gasteiger partial charge in [-0.2, -0.15) is 0 Å². The number of nitrogens with two attached hydrogens (primary N) is 1. The molecule has 0 amide bonds. The number of benzene rings is 1. The van der Waals surface area contributed by atoms with E-state index in [1.807, 2.05) is 20.8 Å². The minimum Gasteiger partial charge on any atom is -0.506 e. The Balaban J connectivity index is 0.00000121. The third kappa shape index (κ3) is 1.51. The molecule has 5 N–H and O–H groups in total. The number of aromatic hydroxyl groups is 1. The van der Waals surface area contributed by atoms with Crippen molar-refractivity contribution >= 4 is 5.69 Å². The molecule has 1 aromatic rings. The molecular weight excluding hydrogens is 154 g/mol. The molecule has 0 aromatic heterocycles. The molecule has 0 aliphatic heterocycles. The van der Waals surface area contributed by atoms with Gasteiger partial charge in [0.05, 0.1) is 5.69 Å². The first kappa shape index (κ1) is 10.8. The summed E-state index contributed by atoms with van der Waals surface area (Å²) in [4.78, 5) is 0. The zero-order valence-corrected chi connectivity index (χ0v) is 7.60. The average molecular weight is 169 g/mol. The van der Waals surface area contributed by atoms with Crippen molar-refractivity contribution in [2.24, 2.45) is 0 Å². The first-order valence-corrected chi connectivity index (χ1v) is 3.59. The molecule has 0 atom stereocenters. The summed E-state index contributed by atoms with van der Waals surface area (Å²) in [5, 5.41) is 9.28. The zero-order valence-electron chi connectivity index (χ0n) is 7.60. The zero-order chi connectivity index (χ0) is 8.59. The van der Waals surface area contributed by atoms with Gasteiger partial charge >= 0.3 is 0 Å². The molecule has 0 aliphatic rings. The van der Waals surface area contributed by atoms with Gasteiger partial charge in [0.15, 0.2) is 0 Å². The van der Waals surface area contributed by atoms with Crippen molar-refractivity contribution < 1.29 is 10.6 Å². The molecule has 12 heavy (non-hydrogen) atoms. The van der Waals surface area contributed by atoms with Crippen molar-refractivity contribution in [1.29, 1.82) is 0 Å². The average Bonchev–Trinajstić information content (AvgIpc) is 1.97. The quantitative estimate of drug-likeness (QED) is 0.450. The second-order valence-electron chi connectivity index (χ2n) is 2.88. The normalized spacial score (nSPS) is 9.25. The Morgan fingerprint density at radius 2 is 1.67 bits per heavy atom. The third-order valence-corrected chi connectivity index (χ3v) is 2.19. The van der Waals surface area contributed by atoms with Crippen LogP contribution in [0.2, 0.25) is 0 Å². The molecule has 0 bridgehead atoms. The maximum atomic E-state index is 9.28. The summed E-state index contributed by atoms with van der Waals surface area (Å²) in [6, 6.07) is 1.69. The van der Waals surface area contributed by atoms with Crippen LogP contribution in [0, 0.1) is 20.8 Å². The molecule has 68 valence electrons. The number of aryl methyl sites for hydroxylation is 1. The summed E-state index contributed by atoms with van der Waals surface area (Å²) in [5.74, 6) is 0.186. The molecule has 1 aromatic carbocycles. The second kappa shape index (κ2) is 3.45. The highest BCUT2D eigenvalue weighted by atomic mass is 16.3. The fourth-order valence-corrected chi connectivity index (χ4v) is 1.08. The van der Waals surface area contributed by atoms with Crippen molar-refractivity contribution in [2.75, 3.05) is 5.73 Å². The smallest absolute Gasteiger partial charge is 0.139 e. The predicted octanol–water partition coefficient (Wildman–Crippen LogP) is 1.07. The number of nitrogen functional groups attached to an aromatic ring is 1. The molecule has 0 saturated carbocycles. The van der Waals surface area contributed by atoms with Gasteiger partial charge in [-0.3, -0.25) is 0 Å². The van der Waals surface area contributed by atoms with Gasteiger partial charge in [0.2, 0.25) is 0 Å². The van der Waals surface area contributed by atoms with Crippen molar-refractivity contribution in [3.05, 3.63) is 22.8 Å². The summed E-state index contributed by atoms with van der Waals surface area (Å²) in [6.45, 7) is 5.87. The van der Waals surface area contributed by atoms with E-state index < -0.39 is 0 Å². The second-order valence-corrected chi connectivity index (χ2v) is 2.88. The van der Waals surface area contributed by atoms with Gasteiger partial charge in [-0.1, -0.05) is 0 Å². The van der Waals surface area contributed by atoms with E-state index in [0.29, 0.717) is 5.69 Å². The number of hydrogen-bond donors (Lipinski definition) is 2. The van der Waals surface area contributed by atoms with Gasteiger partial charge in [-0.05, 0) is 43.5 Å². The lowest BCUT2D eigenvalue weighted by Gasteiger charge is -2.08. The van der Waals surface area contributed by atoms with Crippen LogP contribution in [0.15, 0.2) is 6.07 Å². The summed E-state index contributed by atoms with van der Waals surface area (Å²) in [6.07, 6.45) is 0. The first-order chi connectivity index (χ1) is 5.04. The van der Waals surface area contributed by atoms with Crippen LogP contribution in [-0.4, -0.2) is 10.6 Å². The van der Waals surface area contributed by atoms with E-state index in [4.69, 9.17) is 5.73 Å². The third-order valence-electron chi connectivity index (χ3n) is 2.19. The molecule has 3 heteroatoms. The van der Waals surface area contributed by atoms with Crippen molar-refractivity contribution in [2.45, 2.75) is 20.8 Å². The van der Waals surface area contributed by atoms with Crippen molar-refractivity contribution in [1.82, 2.24) is 0 Å². The Bertz CT molecular complexity index is 269. The maximum absolute atomic E-state index is 9.28. The molecule has 0 fully saturated rings. The van der Waals surface area contributed by atoms with E-state index in [-0.39, 0.29) is 11.2 Å². The molecule has 1 rings (SSSR count). The number of phenols is 1. The topological polar surface area (TPSA) is 77.8 Å². The standard InChI is InChI=1S/C9H13NO.H2O/c1-5-4-8(11)9(10)7(3)6(5)2;/h4,11H,10H2,1-3H3;1H2. The van der Waals surface area contributed by atoms with Gasteiger partial charge < -0.3 is 16.3 Å². The van der Waals surface area contributed by atoms with E-state index in [2.05, 4.69) is 0 Å². The van der Waals surface area contributed by atoms with Gasteiger partial charge in [-0.25, -0.2) is 0 Å². The lowest BCUT2D eigenvalue weighted by molar-refractivity contribution is 0.477. The summed E-state index contributed by atoms with van der Waals surface area (Å²) in [7, 11) is 0. The Morgan fingerprint density at radius 3 is 2.17 bits per heavy atom. The molecule has 0 aliphatic carbocycles. The first-order valence-electron chi connectivity index (χ1n) is 3.59. The van der Waals surface area contributed by atoms with Gasteiger partial charge in [0, 0.05) is 0 Å². The lowest BCUT2D eigenvalue weighted by atomic mass is 10.0. The van der Waals surface area contributed by atoms with Crippen LogP contribution in [0.4, 0.5) is 5.69 Å². The lowest BCUT2D eigenvalue weighted by Crippen LogP contribution is -1.95. The SMILES string of the molecule is Cc1cc(O)c(N)c(C)c1C.O. The molecule has 0 heterocycles.